The minimum absolute atomic E-state index is 0.0280. The van der Waals surface area contributed by atoms with E-state index in [-0.39, 0.29) is 41.3 Å². The predicted molar refractivity (Wildman–Crippen MR) is 198 cm³/mol. The summed E-state index contributed by atoms with van der Waals surface area (Å²) in [6.45, 7) is 3.49. The van der Waals surface area contributed by atoms with Crippen molar-refractivity contribution in [3.63, 3.8) is 0 Å². The lowest BCUT2D eigenvalue weighted by Gasteiger charge is -2.32. The fourth-order valence-electron chi connectivity index (χ4n) is 6.77. The Kier molecular flexibility index (Phi) is 11.8. The van der Waals surface area contributed by atoms with Crippen molar-refractivity contribution < 1.29 is 24.3 Å². The number of rotatable bonds is 11. The number of nitrogens with one attached hydrogen (secondary N) is 4. The number of anilines is 1. The van der Waals surface area contributed by atoms with Gasteiger partial charge in [0.2, 0.25) is 17.1 Å². The van der Waals surface area contributed by atoms with E-state index < -0.39 is 12.1 Å². The second kappa shape index (κ2) is 16.8. The van der Waals surface area contributed by atoms with E-state index in [1.807, 2.05) is 53.4 Å². The summed E-state index contributed by atoms with van der Waals surface area (Å²) in [6, 6.07) is 21.6. The predicted octanol–water partition coefficient (Wildman–Crippen LogP) is 4.92. The van der Waals surface area contributed by atoms with Crippen LogP contribution in [0.15, 0.2) is 72.8 Å². The van der Waals surface area contributed by atoms with Crippen LogP contribution in [-0.4, -0.2) is 99.7 Å². The Labute approximate surface area is 307 Å². The second-order valence-corrected chi connectivity index (χ2v) is 13.9. The molecule has 4 amide bonds. The molecular formula is C38H43ClN8O5. The van der Waals surface area contributed by atoms with Crippen LogP contribution in [0.25, 0.3) is 22.5 Å². The molecule has 1 atom stereocenters. The fourth-order valence-corrected chi connectivity index (χ4v) is 6.90. The van der Waals surface area contributed by atoms with Gasteiger partial charge in [-0.2, -0.15) is 10.1 Å². The highest BCUT2D eigenvalue weighted by atomic mass is 35.5. The molecule has 2 aliphatic rings. The number of halogens is 1. The van der Waals surface area contributed by atoms with E-state index in [0.717, 1.165) is 42.6 Å². The van der Waals surface area contributed by atoms with Gasteiger partial charge >= 0.3 is 6.09 Å². The molecule has 1 aliphatic heterocycles. The number of hydrogen-bond acceptors (Lipinski definition) is 7. The summed E-state index contributed by atoms with van der Waals surface area (Å²) >= 11 is 5.87. The van der Waals surface area contributed by atoms with E-state index >= 15 is 0 Å². The quantitative estimate of drug-likeness (QED) is 0.145. The van der Waals surface area contributed by atoms with Gasteiger partial charge in [-0.1, -0.05) is 36.4 Å². The highest BCUT2D eigenvalue weighted by molar-refractivity contribution is 6.28. The summed E-state index contributed by atoms with van der Waals surface area (Å²) in [4.78, 5) is 59.6. The molecule has 0 unspecified atom stereocenters. The van der Waals surface area contributed by atoms with Gasteiger partial charge in [0.15, 0.2) is 5.82 Å². The summed E-state index contributed by atoms with van der Waals surface area (Å²) in [5.41, 5.74) is 4.63. The molecule has 14 heteroatoms. The molecule has 3 aromatic carbocycles. The number of carbonyl (C=O) groups excluding carboxylic acids is 3. The standard InChI is InChI=1S/C38H43ClN8O5/c1-46-17-19-47(20-18-46)36(50)29-11-9-26(10-12-29)30-4-2-3-25(21-30)22-32(42-34(48)28-7-5-24(6-8-28)23-40-38(51)52)35(49)41-31-15-13-27(14-16-31)33-43-37(39)45-44-33/h2-4,9-16,21,24,28,32,40H,5-8,17-20,22-23H2,1H3,(H,41,49)(H,42,48)(H,51,52)(H,43,44,45)/t24?,28?,32-/m0/s1. The smallest absolute Gasteiger partial charge is 0.404 e. The van der Waals surface area contributed by atoms with Crippen molar-refractivity contribution in [2.75, 3.05) is 45.1 Å². The van der Waals surface area contributed by atoms with Crippen molar-refractivity contribution in [3.8, 4) is 22.5 Å². The molecule has 0 bridgehead atoms. The highest BCUT2D eigenvalue weighted by Crippen LogP contribution is 2.29. The number of carbonyl (C=O) groups is 4. The first kappa shape index (κ1) is 36.5. The van der Waals surface area contributed by atoms with E-state index in [0.29, 0.717) is 55.1 Å². The van der Waals surface area contributed by atoms with Crippen molar-refractivity contribution in [2.45, 2.75) is 38.1 Å². The zero-order valence-corrected chi connectivity index (χ0v) is 29.7. The van der Waals surface area contributed by atoms with E-state index in [9.17, 15) is 19.2 Å². The SMILES string of the molecule is CN1CCN(C(=O)c2ccc(-c3cccc(C[C@H](NC(=O)C4CCC(CNC(=O)O)CC4)C(=O)Nc4ccc(-c5n[nH]c(Cl)n5)cc4)c3)cc2)CC1. The molecule has 1 saturated heterocycles. The summed E-state index contributed by atoms with van der Waals surface area (Å²) in [6.07, 6.45) is 1.86. The van der Waals surface area contributed by atoms with Gasteiger partial charge in [-0.25, -0.2) is 9.89 Å². The van der Waals surface area contributed by atoms with Crippen LogP contribution in [0.5, 0.6) is 0 Å². The van der Waals surface area contributed by atoms with Crippen molar-refractivity contribution in [1.82, 2.24) is 35.6 Å². The normalized spacial score (nSPS) is 18.3. The maximum Gasteiger partial charge on any atom is 0.404 e. The third kappa shape index (κ3) is 9.53. The monoisotopic (exact) mass is 726 g/mol. The van der Waals surface area contributed by atoms with E-state index in [2.05, 4.69) is 43.1 Å². The number of hydrogen-bond donors (Lipinski definition) is 5. The molecular weight excluding hydrogens is 684 g/mol. The molecule has 2 heterocycles. The topological polar surface area (TPSA) is 173 Å². The molecule has 1 saturated carbocycles. The van der Waals surface area contributed by atoms with E-state index in [4.69, 9.17) is 16.7 Å². The average Bonchev–Trinajstić information content (AvgIpc) is 3.60. The minimum Gasteiger partial charge on any atom is -0.465 e. The molecule has 13 nitrogen and oxygen atoms in total. The average molecular weight is 727 g/mol. The third-order valence-corrected chi connectivity index (χ3v) is 10.1. The zero-order chi connectivity index (χ0) is 36.6. The summed E-state index contributed by atoms with van der Waals surface area (Å²) in [7, 11) is 2.06. The van der Waals surface area contributed by atoms with Gasteiger partial charge < -0.3 is 30.9 Å². The minimum atomic E-state index is -1.05. The summed E-state index contributed by atoms with van der Waals surface area (Å²) < 4.78 is 0. The number of carboxylic acid groups (broad SMARTS) is 1. The van der Waals surface area contributed by atoms with Crippen LogP contribution < -0.4 is 16.0 Å². The van der Waals surface area contributed by atoms with Gasteiger partial charge in [-0.3, -0.25) is 14.4 Å². The highest BCUT2D eigenvalue weighted by Gasteiger charge is 2.30. The Morgan fingerprint density at radius 1 is 0.904 bits per heavy atom. The number of amides is 4. The van der Waals surface area contributed by atoms with Crippen molar-refractivity contribution in [1.29, 1.82) is 0 Å². The van der Waals surface area contributed by atoms with Crippen LogP contribution in [0.4, 0.5) is 10.5 Å². The first-order chi connectivity index (χ1) is 25.1. The number of likely N-dealkylation sites (N-methyl/N-ethyl adjacent to an activating group) is 1. The van der Waals surface area contributed by atoms with Crippen molar-refractivity contribution in [2.24, 2.45) is 11.8 Å². The number of H-pyrrole nitrogens is 1. The number of benzene rings is 3. The first-order valence-electron chi connectivity index (χ1n) is 17.5. The second-order valence-electron chi connectivity index (χ2n) is 13.6. The lowest BCUT2D eigenvalue weighted by Crippen LogP contribution is -2.48. The number of piperazine rings is 1. The van der Waals surface area contributed by atoms with Crippen LogP contribution in [0.1, 0.15) is 41.6 Å². The summed E-state index contributed by atoms with van der Waals surface area (Å²) in [5.74, 6) is -0.200. The Balaban J connectivity index is 1.15. The molecule has 1 aromatic heterocycles. The molecule has 272 valence electrons. The Hall–Kier alpha value is -5.27. The number of aromatic nitrogens is 3. The van der Waals surface area contributed by atoms with Crippen molar-refractivity contribution >= 4 is 41.1 Å². The molecule has 4 aromatic rings. The van der Waals surface area contributed by atoms with Crippen LogP contribution in [0.2, 0.25) is 5.28 Å². The molecule has 0 radical (unpaired) electrons. The van der Waals surface area contributed by atoms with Crippen LogP contribution >= 0.6 is 11.6 Å². The molecule has 2 fully saturated rings. The number of aromatic amines is 1. The lowest BCUT2D eigenvalue weighted by atomic mass is 9.81. The molecule has 0 spiro atoms. The Morgan fingerprint density at radius 2 is 1.60 bits per heavy atom. The van der Waals surface area contributed by atoms with Gasteiger partial charge in [0, 0.05) is 61.9 Å². The molecule has 52 heavy (non-hydrogen) atoms. The van der Waals surface area contributed by atoms with E-state index in [1.54, 1.807) is 24.3 Å². The lowest BCUT2D eigenvalue weighted by molar-refractivity contribution is -0.130. The van der Waals surface area contributed by atoms with Crippen LogP contribution in [0, 0.1) is 11.8 Å². The zero-order valence-electron chi connectivity index (χ0n) is 29.0. The van der Waals surface area contributed by atoms with Crippen LogP contribution in [0.3, 0.4) is 0 Å². The molecule has 6 rings (SSSR count). The van der Waals surface area contributed by atoms with Gasteiger partial charge in [0.1, 0.15) is 6.04 Å². The molecule has 5 N–H and O–H groups in total. The largest absolute Gasteiger partial charge is 0.465 e. The number of nitrogens with zero attached hydrogens (tertiary/aromatic N) is 4. The van der Waals surface area contributed by atoms with E-state index in [1.165, 1.54) is 0 Å². The fraction of sp³-hybridized carbons (Fsp3) is 0.368. The van der Waals surface area contributed by atoms with Gasteiger partial charge in [-0.05, 0) is 103 Å². The maximum absolute atomic E-state index is 13.8. The maximum atomic E-state index is 13.8. The van der Waals surface area contributed by atoms with Gasteiger partial charge in [0.25, 0.3) is 5.91 Å². The van der Waals surface area contributed by atoms with Crippen LogP contribution in [-0.2, 0) is 16.0 Å². The first-order valence-corrected chi connectivity index (χ1v) is 17.9. The molecule has 1 aliphatic carbocycles. The Morgan fingerprint density at radius 3 is 2.25 bits per heavy atom. The van der Waals surface area contributed by atoms with Gasteiger partial charge in [-0.15, -0.1) is 0 Å². The third-order valence-electron chi connectivity index (χ3n) is 9.88. The van der Waals surface area contributed by atoms with Crippen molar-refractivity contribution in [3.05, 3.63) is 89.2 Å². The summed E-state index contributed by atoms with van der Waals surface area (Å²) in [5, 5.41) is 24.2. The van der Waals surface area contributed by atoms with Gasteiger partial charge in [0.05, 0.1) is 0 Å². The Bertz CT molecular complexity index is 1870.